The van der Waals surface area contributed by atoms with Crippen molar-refractivity contribution in [2.75, 3.05) is 0 Å². The molecule has 6 aromatic rings. The van der Waals surface area contributed by atoms with Crippen molar-refractivity contribution < 1.29 is 4.42 Å². The third kappa shape index (κ3) is 3.79. The van der Waals surface area contributed by atoms with Crippen molar-refractivity contribution in [1.82, 2.24) is 20.2 Å². The van der Waals surface area contributed by atoms with Crippen LogP contribution in [0.2, 0.25) is 0 Å². The number of aromatic amines is 1. The molecular formula is C27H20N4OS. The first-order chi connectivity index (χ1) is 16.2. The quantitative estimate of drug-likeness (QED) is 0.287. The number of aromatic nitrogens is 4. The molecule has 3 heterocycles. The lowest BCUT2D eigenvalue weighted by molar-refractivity contribution is 0.464. The minimum Gasteiger partial charge on any atom is -0.410 e. The van der Waals surface area contributed by atoms with Gasteiger partial charge in [-0.25, -0.2) is 4.98 Å². The lowest BCUT2D eigenvalue weighted by atomic mass is 10.1. The van der Waals surface area contributed by atoms with Crippen LogP contribution < -0.4 is 0 Å². The first kappa shape index (κ1) is 19.8. The predicted octanol–water partition coefficient (Wildman–Crippen LogP) is 7.03. The number of para-hydroxylation sites is 1. The second kappa shape index (κ2) is 8.22. The van der Waals surface area contributed by atoms with Gasteiger partial charge in [0.2, 0.25) is 0 Å². The van der Waals surface area contributed by atoms with E-state index in [1.54, 1.807) is 0 Å². The SMILES string of the molecule is Cc1ccc(CSc2nnc(-c3cc4c([nH]c5ccccc54)c(-c4ccccc4)n3)o2)cc1. The Bertz CT molecular complexity index is 1570. The molecule has 0 spiro atoms. The van der Waals surface area contributed by atoms with Crippen molar-refractivity contribution in [3.63, 3.8) is 0 Å². The lowest BCUT2D eigenvalue weighted by Gasteiger charge is -2.05. The number of fused-ring (bicyclic) bond motifs is 3. The van der Waals surface area contributed by atoms with Crippen molar-refractivity contribution in [1.29, 1.82) is 0 Å². The van der Waals surface area contributed by atoms with Crippen LogP contribution in [0, 0.1) is 6.92 Å². The van der Waals surface area contributed by atoms with Crippen molar-refractivity contribution >= 4 is 33.6 Å². The highest BCUT2D eigenvalue weighted by atomic mass is 32.2. The number of nitrogens with one attached hydrogen (secondary N) is 1. The van der Waals surface area contributed by atoms with E-state index in [-0.39, 0.29) is 0 Å². The number of hydrogen-bond donors (Lipinski definition) is 1. The first-order valence-electron chi connectivity index (χ1n) is 10.7. The standard InChI is InChI=1S/C27H20N4OS/c1-17-11-13-18(14-12-17)16-33-27-31-30-26(32-27)23-15-21-20-9-5-6-10-22(20)28-25(21)24(29-23)19-7-3-2-4-8-19/h2-15,28H,16H2,1H3. The van der Waals surface area contributed by atoms with Crippen LogP contribution in [0.15, 0.2) is 94.6 Å². The molecule has 0 atom stereocenters. The van der Waals surface area contributed by atoms with Gasteiger partial charge in [0.05, 0.1) is 11.2 Å². The summed E-state index contributed by atoms with van der Waals surface area (Å²) in [7, 11) is 0. The Balaban J connectivity index is 1.41. The molecule has 0 aliphatic heterocycles. The molecule has 0 bridgehead atoms. The summed E-state index contributed by atoms with van der Waals surface area (Å²) >= 11 is 1.53. The van der Waals surface area contributed by atoms with Gasteiger partial charge in [0, 0.05) is 27.6 Å². The molecular weight excluding hydrogens is 428 g/mol. The maximum Gasteiger partial charge on any atom is 0.277 e. The molecule has 0 aliphatic carbocycles. The maximum atomic E-state index is 6.01. The highest BCUT2D eigenvalue weighted by molar-refractivity contribution is 7.98. The number of hydrogen-bond acceptors (Lipinski definition) is 5. The number of H-pyrrole nitrogens is 1. The van der Waals surface area contributed by atoms with Crippen LogP contribution in [-0.2, 0) is 5.75 Å². The molecule has 0 unspecified atom stereocenters. The van der Waals surface area contributed by atoms with Gasteiger partial charge in [-0.15, -0.1) is 10.2 Å². The zero-order chi connectivity index (χ0) is 22.2. The molecule has 160 valence electrons. The van der Waals surface area contributed by atoms with E-state index >= 15 is 0 Å². The lowest BCUT2D eigenvalue weighted by Crippen LogP contribution is -1.90. The zero-order valence-corrected chi connectivity index (χ0v) is 18.8. The summed E-state index contributed by atoms with van der Waals surface area (Å²) in [6.45, 7) is 2.09. The van der Waals surface area contributed by atoms with Crippen LogP contribution in [0.1, 0.15) is 11.1 Å². The molecule has 1 N–H and O–H groups in total. The maximum absolute atomic E-state index is 6.01. The normalized spacial score (nSPS) is 11.4. The Labute approximate surface area is 194 Å². The molecule has 0 amide bonds. The molecule has 33 heavy (non-hydrogen) atoms. The summed E-state index contributed by atoms with van der Waals surface area (Å²) in [6, 6.07) is 28.9. The van der Waals surface area contributed by atoms with Gasteiger partial charge in [-0.3, -0.25) is 0 Å². The van der Waals surface area contributed by atoms with Crippen LogP contribution in [0.3, 0.4) is 0 Å². The fraction of sp³-hybridized carbons (Fsp3) is 0.0741. The number of pyridine rings is 1. The number of rotatable bonds is 5. The molecule has 0 saturated carbocycles. The summed E-state index contributed by atoms with van der Waals surface area (Å²) in [6.07, 6.45) is 0. The minimum absolute atomic E-state index is 0.422. The fourth-order valence-corrected chi connectivity index (χ4v) is 4.68. The molecule has 0 saturated heterocycles. The number of aryl methyl sites for hydroxylation is 1. The molecule has 6 heteroatoms. The van der Waals surface area contributed by atoms with Gasteiger partial charge in [0.15, 0.2) is 0 Å². The van der Waals surface area contributed by atoms with E-state index in [4.69, 9.17) is 9.40 Å². The van der Waals surface area contributed by atoms with Crippen LogP contribution >= 0.6 is 11.8 Å². The topological polar surface area (TPSA) is 67.6 Å². The van der Waals surface area contributed by atoms with Crippen LogP contribution in [0.25, 0.3) is 44.6 Å². The molecule has 0 aliphatic rings. The fourth-order valence-electron chi connectivity index (χ4n) is 3.96. The minimum atomic E-state index is 0.422. The second-order valence-corrected chi connectivity index (χ2v) is 8.89. The monoisotopic (exact) mass is 448 g/mol. The van der Waals surface area contributed by atoms with Crippen molar-refractivity contribution in [3.05, 3.63) is 96.1 Å². The van der Waals surface area contributed by atoms with E-state index in [9.17, 15) is 0 Å². The Morgan fingerprint density at radius 1 is 0.848 bits per heavy atom. The Morgan fingerprint density at radius 3 is 2.48 bits per heavy atom. The van der Waals surface area contributed by atoms with Crippen molar-refractivity contribution in [2.45, 2.75) is 17.9 Å². The Hall–Kier alpha value is -3.90. The Kier molecular flexibility index (Phi) is 4.92. The van der Waals surface area contributed by atoms with Crippen LogP contribution in [-0.4, -0.2) is 20.2 Å². The van der Waals surface area contributed by atoms with Gasteiger partial charge in [0.25, 0.3) is 11.1 Å². The summed E-state index contributed by atoms with van der Waals surface area (Å²) in [4.78, 5) is 8.48. The molecule has 3 aromatic carbocycles. The summed E-state index contributed by atoms with van der Waals surface area (Å²) in [5.41, 5.74) is 7.10. The third-order valence-electron chi connectivity index (χ3n) is 5.65. The van der Waals surface area contributed by atoms with Gasteiger partial charge in [-0.1, -0.05) is 90.1 Å². The first-order valence-corrected chi connectivity index (χ1v) is 11.7. The third-order valence-corrected chi connectivity index (χ3v) is 6.54. The second-order valence-electron chi connectivity index (χ2n) is 7.96. The van der Waals surface area contributed by atoms with E-state index in [1.165, 1.54) is 22.9 Å². The van der Waals surface area contributed by atoms with Gasteiger partial charge in [0.1, 0.15) is 5.69 Å². The van der Waals surface area contributed by atoms with E-state index in [1.807, 2.05) is 36.4 Å². The molecule has 0 radical (unpaired) electrons. The highest BCUT2D eigenvalue weighted by Gasteiger charge is 2.17. The van der Waals surface area contributed by atoms with Crippen LogP contribution in [0.5, 0.6) is 0 Å². The van der Waals surface area contributed by atoms with Gasteiger partial charge in [-0.2, -0.15) is 0 Å². The molecule has 6 rings (SSSR count). The number of nitrogens with zero attached hydrogens (tertiary/aromatic N) is 3. The zero-order valence-electron chi connectivity index (χ0n) is 17.9. The van der Waals surface area contributed by atoms with Gasteiger partial charge in [-0.05, 0) is 24.6 Å². The van der Waals surface area contributed by atoms with Crippen molar-refractivity contribution in [2.24, 2.45) is 0 Å². The number of thioether (sulfide) groups is 1. The predicted molar refractivity (Wildman–Crippen MR) is 133 cm³/mol. The molecule has 5 nitrogen and oxygen atoms in total. The highest BCUT2D eigenvalue weighted by Crippen LogP contribution is 2.35. The summed E-state index contributed by atoms with van der Waals surface area (Å²) in [5, 5.41) is 11.3. The molecule has 0 fully saturated rings. The van der Waals surface area contributed by atoms with Crippen LogP contribution in [0.4, 0.5) is 0 Å². The Morgan fingerprint density at radius 2 is 1.64 bits per heavy atom. The van der Waals surface area contributed by atoms with E-state index in [0.29, 0.717) is 16.8 Å². The van der Waals surface area contributed by atoms with Gasteiger partial charge < -0.3 is 9.40 Å². The largest absolute Gasteiger partial charge is 0.410 e. The smallest absolute Gasteiger partial charge is 0.277 e. The average Bonchev–Trinajstić information content (AvgIpc) is 3.48. The van der Waals surface area contributed by atoms with E-state index in [2.05, 4.69) is 70.6 Å². The summed E-state index contributed by atoms with van der Waals surface area (Å²) < 4.78 is 6.01. The van der Waals surface area contributed by atoms with E-state index in [0.717, 1.165) is 38.8 Å². The number of benzene rings is 3. The van der Waals surface area contributed by atoms with Crippen molar-refractivity contribution in [3.8, 4) is 22.8 Å². The van der Waals surface area contributed by atoms with Gasteiger partial charge >= 0.3 is 0 Å². The average molecular weight is 449 g/mol. The molecule has 3 aromatic heterocycles. The van der Waals surface area contributed by atoms with E-state index < -0.39 is 0 Å². The summed E-state index contributed by atoms with van der Waals surface area (Å²) in [5.74, 6) is 1.19.